The maximum absolute atomic E-state index is 6.18. The molecule has 0 spiro atoms. The van der Waals surface area contributed by atoms with Crippen LogP contribution in [0.2, 0.25) is 10.0 Å². The van der Waals surface area contributed by atoms with Gasteiger partial charge in [0, 0.05) is 11.6 Å². The molecule has 2 rings (SSSR count). The van der Waals surface area contributed by atoms with Crippen LogP contribution in [0.15, 0.2) is 24.4 Å². The third-order valence-electron chi connectivity index (χ3n) is 2.60. The lowest BCUT2D eigenvalue weighted by Gasteiger charge is -2.20. The Bertz CT molecular complexity index is 541. The van der Waals surface area contributed by atoms with Gasteiger partial charge in [-0.15, -0.1) is 0 Å². The Morgan fingerprint density at radius 1 is 1.12 bits per heavy atom. The average Bonchev–Trinajstić information content (AvgIpc) is 2.21. The highest BCUT2D eigenvalue weighted by molar-refractivity contribution is 6.45. The lowest BCUT2D eigenvalue weighted by atomic mass is 9.85. The van der Waals surface area contributed by atoms with E-state index in [0.717, 1.165) is 10.9 Å². The topological polar surface area (TPSA) is 12.9 Å². The molecule has 1 aromatic carbocycles. The Morgan fingerprint density at radius 3 is 2.44 bits per heavy atom. The smallest absolute Gasteiger partial charge is 0.0782 e. The number of halogens is 2. The van der Waals surface area contributed by atoms with Gasteiger partial charge in [0.25, 0.3) is 0 Å². The van der Waals surface area contributed by atoms with Gasteiger partial charge < -0.3 is 0 Å². The summed E-state index contributed by atoms with van der Waals surface area (Å²) < 4.78 is 0. The van der Waals surface area contributed by atoms with Crippen LogP contribution in [0.5, 0.6) is 0 Å². The molecule has 1 heterocycles. The Kier molecular flexibility index (Phi) is 2.85. The molecule has 3 heteroatoms. The number of rotatable bonds is 0. The van der Waals surface area contributed by atoms with Gasteiger partial charge >= 0.3 is 0 Å². The van der Waals surface area contributed by atoms with Crippen LogP contribution in [-0.2, 0) is 5.41 Å². The number of pyridine rings is 1. The van der Waals surface area contributed by atoms with Gasteiger partial charge in [-0.25, -0.2) is 0 Å². The third kappa shape index (κ3) is 1.90. The van der Waals surface area contributed by atoms with Gasteiger partial charge in [0.05, 0.1) is 15.6 Å². The summed E-state index contributed by atoms with van der Waals surface area (Å²) >= 11 is 12.1. The molecule has 0 aliphatic carbocycles. The molecule has 0 unspecified atom stereocenters. The lowest BCUT2D eigenvalue weighted by Crippen LogP contribution is -2.12. The van der Waals surface area contributed by atoms with E-state index in [9.17, 15) is 0 Å². The fourth-order valence-electron chi connectivity index (χ4n) is 1.77. The molecule has 0 aliphatic heterocycles. The van der Waals surface area contributed by atoms with E-state index in [1.54, 1.807) is 6.20 Å². The quantitative estimate of drug-likeness (QED) is 0.655. The highest BCUT2D eigenvalue weighted by atomic mass is 35.5. The van der Waals surface area contributed by atoms with E-state index in [1.807, 2.05) is 12.1 Å². The van der Waals surface area contributed by atoms with Crippen molar-refractivity contribution in [2.24, 2.45) is 0 Å². The Hall–Kier alpha value is -0.790. The van der Waals surface area contributed by atoms with E-state index in [0.29, 0.717) is 10.0 Å². The van der Waals surface area contributed by atoms with Crippen LogP contribution < -0.4 is 0 Å². The number of aromatic nitrogens is 1. The molecule has 0 bridgehead atoms. The van der Waals surface area contributed by atoms with E-state index in [-0.39, 0.29) is 5.41 Å². The van der Waals surface area contributed by atoms with Crippen molar-refractivity contribution in [2.75, 3.05) is 0 Å². The normalized spacial score (nSPS) is 12.1. The summed E-state index contributed by atoms with van der Waals surface area (Å²) in [6.45, 7) is 6.48. The van der Waals surface area contributed by atoms with E-state index >= 15 is 0 Å². The molecular weight excluding hydrogens is 241 g/mol. The summed E-state index contributed by atoms with van der Waals surface area (Å²) in [6.07, 6.45) is 1.61. The van der Waals surface area contributed by atoms with Gasteiger partial charge in [0.2, 0.25) is 0 Å². The Labute approximate surface area is 105 Å². The second-order valence-corrected chi connectivity index (χ2v) is 5.66. The van der Waals surface area contributed by atoms with Crippen LogP contribution in [0.3, 0.4) is 0 Å². The molecule has 1 aromatic heterocycles. The van der Waals surface area contributed by atoms with Crippen LogP contribution in [0.25, 0.3) is 10.9 Å². The van der Waals surface area contributed by atoms with Crippen LogP contribution in [-0.4, -0.2) is 4.98 Å². The summed E-state index contributed by atoms with van der Waals surface area (Å²) in [5, 5.41) is 2.00. The molecule has 16 heavy (non-hydrogen) atoms. The highest BCUT2D eigenvalue weighted by Gasteiger charge is 2.18. The van der Waals surface area contributed by atoms with Crippen LogP contribution in [0, 0.1) is 0 Å². The van der Waals surface area contributed by atoms with Crippen molar-refractivity contribution < 1.29 is 0 Å². The first-order valence-electron chi connectivity index (χ1n) is 5.14. The molecule has 0 saturated heterocycles. The van der Waals surface area contributed by atoms with Crippen molar-refractivity contribution in [3.63, 3.8) is 0 Å². The highest BCUT2D eigenvalue weighted by Crippen LogP contribution is 2.34. The maximum Gasteiger partial charge on any atom is 0.0782 e. The number of hydrogen-bond acceptors (Lipinski definition) is 1. The fourth-order valence-corrected chi connectivity index (χ4v) is 2.12. The SMILES string of the molecule is CC(C)(C)c1cccc2c(Cl)c(Cl)cnc12. The van der Waals surface area contributed by atoms with Gasteiger partial charge in [-0.1, -0.05) is 62.2 Å². The molecule has 0 amide bonds. The number of nitrogens with zero attached hydrogens (tertiary/aromatic N) is 1. The van der Waals surface area contributed by atoms with Crippen LogP contribution in [0.1, 0.15) is 26.3 Å². The monoisotopic (exact) mass is 253 g/mol. The van der Waals surface area contributed by atoms with E-state index < -0.39 is 0 Å². The molecule has 1 nitrogen and oxygen atoms in total. The maximum atomic E-state index is 6.18. The minimum atomic E-state index is 0.0453. The van der Waals surface area contributed by atoms with Crippen LogP contribution in [0.4, 0.5) is 0 Å². The fraction of sp³-hybridized carbons (Fsp3) is 0.308. The first-order chi connectivity index (χ1) is 7.41. The van der Waals surface area contributed by atoms with Crippen molar-refractivity contribution in [1.82, 2.24) is 4.98 Å². The Balaban J connectivity index is 2.85. The molecule has 0 N–H and O–H groups in total. The number of benzene rings is 1. The Morgan fingerprint density at radius 2 is 1.81 bits per heavy atom. The predicted octanol–water partition coefficient (Wildman–Crippen LogP) is 4.84. The van der Waals surface area contributed by atoms with Gasteiger partial charge in [-0.2, -0.15) is 0 Å². The lowest BCUT2D eigenvalue weighted by molar-refractivity contribution is 0.594. The summed E-state index contributed by atoms with van der Waals surface area (Å²) in [6, 6.07) is 6.03. The molecule has 0 radical (unpaired) electrons. The van der Waals surface area contributed by atoms with E-state index in [2.05, 4.69) is 31.8 Å². The minimum absolute atomic E-state index is 0.0453. The van der Waals surface area contributed by atoms with Gasteiger partial charge in [-0.05, 0) is 11.0 Å². The average molecular weight is 254 g/mol. The van der Waals surface area contributed by atoms with E-state index in [4.69, 9.17) is 23.2 Å². The summed E-state index contributed by atoms with van der Waals surface area (Å²) in [4.78, 5) is 4.39. The minimum Gasteiger partial charge on any atom is -0.254 e. The summed E-state index contributed by atoms with van der Waals surface area (Å²) in [7, 11) is 0. The zero-order valence-corrected chi connectivity index (χ0v) is 11.0. The third-order valence-corrected chi connectivity index (χ3v) is 3.39. The van der Waals surface area contributed by atoms with Gasteiger partial charge in [-0.3, -0.25) is 4.98 Å². The van der Waals surface area contributed by atoms with Crippen LogP contribution >= 0.6 is 23.2 Å². The van der Waals surface area contributed by atoms with Gasteiger partial charge in [0.15, 0.2) is 0 Å². The molecule has 0 saturated carbocycles. The molecule has 0 aliphatic rings. The van der Waals surface area contributed by atoms with Crippen molar-refractivity contribution in [3.05, 3.63) is 40.0 Å². The summed E-state index contributed by atoms with van der Waals surface area (Å²) in [5.74, 6) is 0. The van der Waals surface area contributed by atoms with Crippen molar-refractivity contribution in [3.8, 4) is 0 Å². The van der Waals surface area contributed by atoms with Crippen molar-refractivity contribution >= 4 is 34.1 Å². The predicted molar refractivity (Wildman–Crippen MR) is 70.5 cm³/mol. The molecule has 84 valence electrons. The van der Waals surface area contributed by atoms with E-state index in [1.165, 1.54) is 5.56 Å². The molecular formula is C13H13Cl2N. The summed E-state index contributed by atoms with van der Waals surface area (Å²) in [5.41, 5.74) is 2.16. The molecule has 0 atom stereocenters. The first kappa shape index (κ1) is 11.7. The standard InChI is InChI=1S/C13H13Cl2N/c1-13(2,3)9-6-4-5-8-11(15)10(14)7-16-12(8)9/h4-7H,1-3H3. The van der Waals surface area contributed by atoms with Gasteiger partial charge in [0.1, 0.15) is 0 Å². The van der Waals surface area contributed by atoms with Crippen molar-refractivity contribution in [2.45, 2.75) is 26.2 Å². The first-order valence-corrected chi connectivity index (χ1v) is 5.90. The van der Waals surface area contributed by atoms with Crippen molar-refractivity contribution in [1.29, 1.82) is 0 Å². The zero-order chi connectivity index (χ0) is 11.9. The number of hydrogen-bond donors (Lipinski definition) is 0. The second-order valence-electron chi connectivity index (χ2n) is 4.87. The molecule has 0 fully saturated rings. The largest absolute Gasteiger partial charge is 0.254 e. The zero-order valence-electron chi connectivity index (χ0n) is 9.51. The molecule has 2 aromatic rings. The second kappa shape index (κ2) is 3.90. The number of para-hydroxylation sites is 1. The number of fused-ring (bicyclic) bond motifs is 1.